The number of amides is 1. The summed E-state index contributed by atoms with van der Waals surface area (Å²) in [5, 5.41) is 13.7. The Hall–Kier alpha value is -2.44. The molecule has 7 nitrogen and oxygen atoms in total. The average Bonchev–Trinajstić information content (AvgIpc) is 2.59. The van der Waals surface area contributed by atoms with Crippen molar-refractivity contribution >= 4 is 17.6 Å². The maximum absolute atomic E-state index is 12.1. The normalized spacial score (nSPS) is 11.6. The van der Waals surface area contributed by atoms with E-state index in [1.54, 1.807) is 0 Å². The van der Waals surface area contributed by atoms with Gasteiger partial charge in [-0.2, -0.15) is 0 Å². The SMILES string of the molecule is CCCC[C@@H](CC)CNC(=O)COC(=O)c1cccc([N+](=O)[O-])c1C. The van der Waals surface area contributed by atoms with Crippen molar-refractivity contribution in [1.82, 2.24) is 5.32 Å². The molecule has 25 heavy (non-hydrogen) atoms. The maximum Gasteiger partial charge on any atom is 0.339 e. The largest absolute Gasteiger partial charge is 0.452 e. The zero-order valence-corrected chi connectivity index (χ0v) is 15.0. The predicted molar refractivity (Wildman–Crippen MR) is 94.4 cm³/mol. The molecule has 0 aromatic heterocycles. The lowest BCUT2D eigenvalue weighted by Crippen LogP contribution is -2.33. The van der Waals surface area contributed by atoms with E-state index in [4.69, 9.17) is 4.74 Å². The number of carbonyl (C=O) groups is 2. The van der Waals surface area contributed by atoms with E-state index in [1.165, 1.54) is 25.1 Å². The van der Waals surface area contributed by atoms with Gasteiger partial charge in [-0.05, 0) is 25.3 Å². The van der Waals surface area contributed by atoms with E-state index in [2.05, 4.69) is 19.2 Å². The fourth-order valence-electron chi connectivity index (χ4n) is 2.50. The molecule has 1 aromatic rings. The molecule has 0 aliphatic rings. The van der Waals surface area contributed by atoms with Gasteiger partial charge in [0.1, 0.15) is 0 Å². The van der Waals surface area contributed by atoms with Crippen LogP contribution in [0.2, 0.25) is 0 Å². The predicted octanol–water partition coefficient (Wildman–Crippen LogP) is 3.39. The van der Waals surface area contributed by atoms with Gasteiger partial charge in [0.05, 0.1) is 10.5 Å². The fraction of sp³-hybridized carbons (Fsp3) is 0.556. The highest BCUT2D eigenvalue weighted by Gasteiger charge is 2.19. The van der Waals surface area contributed by atoms with Crippen molar-refractivity contribution in [2.45, 2.75) is 46.5 Å². The van der Waals surface area contributed by atoms with Gasteiger partial charge in [0.15, 0.2) is 6.61 Å². The van der Waals surface area contributed by atoms with Gasteiger partial charge in [-0.3, -0.25) is 14.9 Å². The Kier molecular flexibility index (Phi) is 8.60. The number of nitro groups is 1. The summed E-state index contributed by atoms with van der Waals surface area (Å²) in [6.07, 6.45) is 4.27. The molecule has 0 saturated heterocycles. The molecule has 0 bridgehead atoms. The van der Waals surface area contributed by atoms with Crippen LogP contribution in [0.5, 0.6) is 0 Å². The van der Waals surface area contributed by atoms with E-state index >= 15 is 0 Å². The minimum Gasteiger partial charge on any atom is -0.452 e. The van der Waals surface area contributed by atoms with E-state index < -0.39 is 17.5 Å². The number of carbonyl (C=O) groups excluding carboxylic acids is 2. The minimum absolute atomic E-state index is 0.0939. The Morgan fingerprint density at radius 2 is 2.04 bits per heavy atom. The quantitative estimate of drug-likeness (QED) is 0.396. The van der Waals surface area contributed by atoms with Crippen molar-refractivity contribution in [3.05, 3.63) is 39.4 Å². The minimum atomic E-state index is -0.741. The maximum atomic E-state index is 12.1. The van der Waals surface area contributed by atoms with Crippen LogP contribution < -0.4 is 5.32 Å². The average molecular weight is 350 g/mol. The smallest absolute Gasteiger partial charge is 0.339 e. The fourth-order valence-corrected chi connectivity index (χ4v) is 2.50. The summed E-state index contributed by atoms with van der Waals surface area (Å²) < 4.78 is 4.98. The lowest BCUT2D eigenvalue weighted by Gasteiger charge is -2.15. The topological polar surface area (TPSA) is 98.5 Å². The van der Waals surface area contributed by atoms with Gasteiger partial charge < -0.3 is 10.1 Å². The van der Waals surface area contributed by atoms with Crippen LogP contribution in [0.1, 0.15) is 55.5 Å². The van der Waals surface area contributed by atoms with Crippen molar-refractivity contribution in [2.24, 2.45) is 5.92 Å². The number of unbranched alkanes of at least 4 members (excludes halogenated alkanes) is 1. The number of ether oxygens (including phenoxy) is 1. The second-order valence-corrected chi connectivity index (χ2v) is 6.00. The number of esters is 1. The number of nitrogens with zero attached hydrogens (tertiary/aromatic N) is 1. The molecule has 0 radical (unpaired) electrons. The van der Waals surface area contributed by atoms with Crippen molar-refractivity contribution in [3.8, 4) is 0 Å². The number of hydrogen-bond acceptors (Lipinski definition) is 5. The first-order chi connectivity index (χ1) is 11.9. The van der Waals surface area contributed by atoms with Crippen molar-refractivity contribution in [2.75, 3.05) is 13.2 Å². The lowest BCUT2D eigenvalue weighted by molar-refractivity contribution is -0.385. The zero-order chi connectivity index (χ0) is 18.8. The Morgan fingerprint density at radius 3 is 2.64 bits per heavy atom. The third-order valence-corrected chi connectivity index (χ3v) is 4.19. The molecule has 0 heterocycles. The van der Waals surface area contributed by atoms with Gasteiger partial charge in [-0.15, -0.1) is 0 Å². The monoisotopic (exact) mass is 350 g/mol. The first kappa shape index (κ1) is 20.6. The summed E-state index contributed by atoms with van der Waals surface area (Å²) in [6.45, 7) is 5.85. The van der Waals surface area contributed by atoms with Crippen molar-refractivity contribution < 1.29 is 19.2 Å². The molecule has 1 aromatic carbocycles. The third-order valence-electron chi connectivity index (χ3n) is 4.19. The van der Waals surface area contributed by atoms with Crippen LogP contribution in [0.25, 0.3) is 0 Å². The van der Waals surface area contributed by atoms with E-state index in [0.29, 0.717) is 12.5 Å². The van der Waals surface area contributed by atoms with Gasteiger partial charge in [-0.25, -0.2) is 4.79 Å². The second kappa shape index (κ2) is 10.4. The molecule has 7 heteroatoms. The molecule has 1 atom stereocenters. The summed E-state index contributed by atoms with van der Waals surface area (Å²) in [5.74, 6) is -0.695. The molecule has 1 N–H and O–H groups in total. The molecular weight excluding hydrogens is 324 g/mol. The zero-order valence-electron chi connectivity index (χ0n) is 15.0. The molecule has 1 amide bonds. The number of hydrogen-bond donors (Lipinski definition) is 1. The Bertz CT molecular complexity index is 615. The van der Waals surface area contributed by atoms with Gasteiger partial charge in [0.2, 0.25) is 0 Å². The summed E-state index contributed by atoms with van der Waals surface area (Å²) in [7, 11) is 0. The summed E-state index contributed by atoms with van der Waals surface area (Å²) >= 11 is 0. The Morgan fingerprint density at radius 1 is 1.32 bits per heavy atom. The summed E-state index contributed by atoms with van der Waals surface area (Å²) in [4.78, 5) is 34.2. The van der Waals surface area contributed by atoms with Crippen LogP contribution >= 0.6 is 0 Å². The van der Waals surface area contributed by atoms with Crippen LogP contribution in [-0.4, -0.2) is 30.0 Å². The van der Waals surface area contributed by atoms with Crippen LogP contribution in [0.4, 0.5) is 5.69 Å². The molecule has 0 saturated carbocycles. The summed E-state index contributed by atoms with van der Waals surface area (Å²) in [5.41, 5.74) is 0.167. The van der Waals surface area contributed by atoms with Crippen LogP contribution in [0.15, 0.2) is 18.2 Å². The Labute approximate surface area is 147 Å². The highest BCUT2D eigenvalue weighted by Crippen LogP contribution is 2.21. The standard InChI is InChI=1S/C18H26N2O5/c1-4-6-8-14(5-2)11-19-17(21)12-25-18(22)15-9-7-10-16(13(15)3)20(23)24/h7,9-10,14H,4-6,8,11-12H2,1-3H3,(H,19,21)/t14-/m1/s1. The number of nitrogens with one attached hydrogen (secondary N) is 1. The Balaban J connectivity index is 2.52. The number of nitro benzene ring substituents is 1. The van der Waals surface area contributed by atoms with Crippen LogP contribution in [-0.2, 0) is 9.53 Å². The van der Waals surface area contributed by atoms with Gasteiger partial charge in [-0.1, -0.05) is 39.2 Å². The molecule has 0 fully saturated rings. The highest BCUT2D eigenvalue weighted by atomic mass is 16.6. The van der Waals surface area contributed by atoms with Crippen molar-refractivity contribution in [1.29, 1.82) is 0 Å². The first-order valence-electron chi connectivity index (χ1n) is 8.58. The van der Waals surface area contributed by atoms with Crippen LogP contribution in [0, 0.1) is 23.0 Å². The number of benzene rings is 1. The number of rotatable bonds is 10. The van der Waals surface area contributed by atoms with E-state index in [0.717, 1.165) is 25.7 Å². The molecular formula is C18H26N2O5. The highest BCUT2D eigenvalue weighted by molar-refractivity contribution is 5.93. The van der Waals surface area contributed by atoms with E-state index in [1.807, 2.05) is 0 Å². The van der Waals surface area contributed by atoms with Crippen molar-refractivity contribution in [3.63, 3.8) is 0 Å². The van der Waals surface area contributed by atoms with Gasteiger partial charge in [0.25, 0.3) is 11.6 Å². The van der Waals surface area contributed by atoms with Crippen LogP contribution in [0.3, 0.4) is 0 Å². The third kappa shape index (κ3) is 6.52. The molecule has 0 spiro atoms. The molecule has 1 rings (SSSR count). The van der Waals surface area contributed by atoms with Gasteiger partial charge >= 0.3 is 5.97 Å². The molecule has 0 unspecified atom stereocenters. The molecule has 0 aliphatic carbocycles. The van der Waals surface area contributed by atoms with E-state index in [9.17, 15) is 19.7 Å². The first-order valence-corrected chi connectivity index (χ1v) is 8.58. The van der Waals surface area contributed by atoms with E-state index in [-0.39, 0.29) is 22.7 Å². The second-order valence-electron chi connectivity index (χ2n) is 6.00. The molecule has 138 valence electrons. The molecule has 0 aliphatic heterocycles. The summed E-state index contributed by atoms with van der Waals surface area (Å²) in [6, 6.07) is 4.18. The lowest BCUT2D eigenvalue weighted by atomic mass is 9.99. The van der Waals surface area contributed by atoms with Gasteiger partial charge in [0, 0.05) is 18.2 Å².